The SMILES string of the molecule is CCCC/C(=N\Nc1nncc2ccccc12)C(=O)O. The van der Waals surface area contributed by atoms with Gasteiger partial charge in [-0.3, -0.25) is 5.43 Å². The molecule has 6 heteroatoms. The highest BCUT2D eigenvalue weighted by Crippen LogP contribution is 2.19. The van der Waals surface area contributed by atoms with Crippen LogP contribution in [0.2, 0.25) is 0 Å². The number of hydrazone groups is 1. The summed E-state index contributed by atoms with van der Waals surface area (Å²) < 4.78 is 0. The molecule has 104 valence electrons. The maximum atomic E-state index is 11.1. The van der Waals surface area contributed by atoms with Crippen LogP contribution in [-0.4, -0.2) is 27.0 Å². The largest absolute Gasteiger partial charge is 0.477 e. The molecule has 0 fully saturated rings. The van der Waals surface area contributed by atoms with Crippen molar-refractivity contribution in [1.29, 1.82) is 0 Å². The van der Waals surface area contributed by atoms with Gasteiger partial charge in [0.2, 0.25) is 0 Å². The van der Waals surface area contributed by atoms with E-state index in [9.17, 15) is 4.79 Å². The molecular weight excluding hydrogens is 256 g/mol. The summed E-state index contributed by atoms with van der Waals surface area (Å²) >= 11 is 0. The fourth-order valence-corrected chi connectivity index (χ4v) is 1.79. The Morgan fingerprint density at radius 3 is 2.95 bits per heavy atom. The molecule has 0 saturated carbocycles. The molecule has 0 saturated heterocycles. The fraction of sp³-hybridized carbons (Fsp3) is 0.286. The molecule has 0 atom stereocenters. The number of rotatable bonds is 6. The number of carboxylic acids is 1. The van der Waals surface area contributed by atoms with Gasteiger partial charge < -0.3 is 5.11 Å². The van der Waals surface area contributed by atoms with Crippen LogP contribution in [0.1, 0.15) is 26.2 Å². The van der Waals surface area contributed by atoms with Crippen molar-refractivity contribution in [3.8, 4) is 0 Å². The molecule has 1 aromatic heterocycles. The van der Waals surface area contributed by atoms with Crippen LogP contribution in [0.3, 0.4) is 0 Å². The Morgan fingerprint density at radius 2 is 2.20 bits per heavy atom. The molecule has 1 aromatic carbocycles. The number of carboxylic acid groups (broad SMARTS) is 1. The number of carbonyl (C=O) groups is 1. The number of hydrogen-bond donors (Lipinski definition) is 2. The van der Waals surface area contributed by atoms with Crippen molar-refractivity contribution < 1.29 is 9.90 Å². The van der Waals surface area contributed by atoms with Gasteiger partial charge in [-0.05, 0) is 12.8 Å². The molecule has 0 aliphatic rings. The number of benzene rings is 1. The number of aromatic nitrogens is 2. The molecule has 1 heterocycles. The van der Waals surface area contributed by atoms with Crippen molar-refractivity contribution >= 4 is 28.3 Å². The van der Waals surface area contributed by atoms with E-state index in [0.29, 0.717) is 12.2 Å². The molecule has 0 aliphatic carbocycles. The molecule has 0 radical (unpaired) electrons. The third-order valence-electron chi connectivity index (χ3n) is 2.88. The standard InChI is InChI=1S/C14H16N4O2/c1-2-3-8-12(14(19)20)16-18-13-11-7-5-4-6-10(11)9-15-17-13/h4-7,9H,2-3,8H2,1H3,(H,17,18)(H,19,20)/b16-12+. The van der Waals surface area contributed by atoms with Crippen molar-refractivity contribution in [2.45, 2.75) is 26.2 Å². The second kappa shape index (κ2) is 6.60. The van der Waals surface area contributed by atoms with Crippen LogP contribution in [0.25, 0.3) is 10.8 Å². The van der Waals surface area contributed by atoms with Crippen LogP contribution >= 0.6 is 0 Å². The molecular formula is C14H16N4O2. The first-order valence-corrected chi connectivity index (χ1v) is 6.48. The second-order valence-corrected chi connectivity index (χ2v) is 4.36. The van der Waals surface area contributed by atoms with E-state index in [1.54, 1.807) is 6.20 Å². The number of unbranched alkanes of at least 4 members (excludes halogenated alkanes) is 1. The van der Waals surface area contributed by atoms with Gasteiger partial charge in [0.15, 0.2) is 5.82 Å². The third-order valence-corrected chi connectivity index (χ3v) is 2.88. The predicted molar refractivity (Wildman–Crippen MR) is 77.8 cm³/mol. The number of aliphatic carboxylic acids is 1. The number of anilines is 1. The van der Waals surface area contributed by atoms with Gasteiger partial charge in [0.25, 0.3) is 0 Å². The molecule has 6 nitrogen and oxygen atoms in total. The van der Waals surface area contributed by atoms with Crippen LogP contribution in [0.5, 0.6) is 0 Å². The molecule has 0 bridgehead atoms. The third kappa shape index (κ3) is 3.28. The molecule has 0 spiro atoms. The minimum absolute atomic E-state index is 0.0987. The summed E-state index contributed by atoms with van der Waals surface area (Å²) in [5.41, 5.74) is 2.81. The molecule has 2 aromatic rings. The number of nitrogens with zero attached hydrogens (tertiary/aromatic N) is 3. The average Bonchev–Trinajstić information content (AvgIpc) is 2.47. The summed E-state index contributed by atoms with van der Waals surface area (Å²) in [5.74, 6) is -0.558. The Bertz CT molecular complexity index is 635. The van der Waals surface area contributed by atoms with Gasteiger partial charge in [-0.25, -0.2) is 4.79 Å². The first-order chi connectivity index (χ1) is 9.72. The Balaban J connectivity index is 2.24. The van der Waals surface area contributed by atoms with Crippen molar-refractivity contribution in [2.24, 2.45) is 5.10 Å². The smallest absolute Gasteiger partial charge is 0.352 e. The summed E-state index contributed by atoms with van der Waals surface area (Å²) in [5, 5.41) is 22.6. The van der Waals surface area contributed by atoms with Crippen LogP contribution in [0, 0.1) is 0 Å². The molecule has 2 rings (SSSR count). The van der Waals surface area contributed by atoms with Crippen molar-refractivity contribution in [2.75, 3.05) is 5.43 Å². The number of nitrogens with one attached hydrogen (secondary N) is 1. The number of fused-ring (bicyclic) bond motifs is 1. The van der Waals surface area contributed by atoms with E-state index < -0.39 is 5.97 Å². The lowest BCUT2D eigenvalue weighted by atomic mass is 10.2. The first-order valence-electron chi connectivity index (χ1n) is 6.48. The molecule has 20 heavy (non-hydrogen) atoms. The minimum Gasteiger partial charge on any atom is -0.477 e. The van der Waals surface area contributed by atoms with Gasteiger partial charge in [-0.15, -0.1) is 5.10 Å². The van der Waals surface area contributed by atoms with Crippen LogP contribution in [-0.2, 0) is 4.79 Å². The van der Waals surface area contributed by atoms with Crippen molar-refractivity contribution in [3.63, 3.8) is 0 Å². The zero-order valence-electron chi connectivity index (χ0n) is 11.2. The topological polar surface area (TPSA) is 87.5 Å². The van der Waals surface area contributed by atoms with Crippen LogP contribution in [0.4, 0.5) is 5.82 Å². The molecule has 0 aliphatic heterocycles. The maximum absolute atomic E-state index is 11.1. The van der Waals surface area contributed by atoms with E-state index in [1.807, 2.05) is 31.2 Å². The Kier molecular flexibility index (Phi) is 4.60. The monoisotopic (exact) mass is 272 g/mol. The lowest BCUT2D eigenvalue weighted by Gasteiger charge is -2.05. The summed E-state index contributed by atoms with van der Waals surface area (Å²) in [6, 6.07) is 7.58. The Hall–Kier alpha value is -2.50. The van der Waals surface area contributed by atoms with E-state index in [1.165, 1.54) is 0 Å². The van der Waals surface area contributed by atoms with E-state index in [4.69, 9.17) is 5.11 Å². The van der Waals surface area contributed by atoms with E-state index >= 15 is 0 Å². The second-order valence-electron chi connectivity index (χ2n) is 4.36. The normalized spacial score (nSPS) is 11.6. The lowest BCUT2D eigenvalue weighted by molar-refractivity contribution is -0.129. The summed E-state index contributed by atoms with van der Waals surface area (Å²) in [6.07, 6.45) is 3.78. The van der Waals surface area contributed by atoms with Gasteiger partial charge in [0.1, 0.15) is 5.71 Å². The van der Waals surface area contributed by atoms with Crippen molar-refractivity contribution in [1.82, 2.24) is 10.2 Å². The van der Waals surface area contributed by atoms with Gasteiger partial charge in [0, 0.05) is 10.8 Å². The summed E-state index contributed by atoms with van der Waals surface area (Å²) in [6.45, 7) is 2.00. The highest BCUT2D eigenvalue weighted by atomic mass is 16.4. The number of hydrogen-bond acceptors (Lipinski definition) is 5. The van der Waals surface area contributed by atoms with Gasteiger partial charge >= 0.3 is 5.97 Å². The van der Waals surface area contributed by atoms with Crippen LogP contribution < -0.4 is 5.43 Å². The average molecular weight is 272 g/mol. The maximum Gasteiger partial charge on any atom is 0.352 e. The molecule has 2 N–H and O–H groups in total. The van der Waals surface area contributed by atoms with E-state index in [-0.39, 0.29) is 5.71 Å². The zero-order valence-corrected chi connectivity index (χ0v) is 11.2. The highest BCUT2D eigenvalue weighted by Gasteiger charge is 2.09. The van der Waals surface area contributed by atoms with Crippen LogP contribution in [0.15, 0.2) is 35.6 Å². The molecule has 0 amide bonds. The van der Waals surface area contributed by atoms with Gasteiger partial charge in [-0.2, -0.15) is 10.2 Å². The zero-order chi connectivity index (χ0) is 14.4. The quantitative estimate of drug-likeness (QED) is 0.623. The summed E-state index contributed by atoms with van der Waals surface area (Å²) in [4.78, 5) is 11.1. The van der Waals surface area contributed by atoms with Gasteiger partial charge in [-0.1, -0.05) is 37.6 Å². The summed E-state index contributed by atoms with van der Waals surface area (Å²) in [7, 11) is 0. The van der Waals surface area contributed by atoms with E-state index in [2.05, 4.69) is 20.7 Å². The fourth-order valence-electron chi connectivity index (χ4n) is 1.79. The van der Waals surface area contributed by atoms with Gasteiger partial charge in [0.05, 0.1) is 6.20 Å². The first kappa shape index (κ1) is 13.9. The van der Waals surface area contributed by atoms with E-state index in [0.717, 1.165) is 23.6 Å². The lowest BCUT2D eigenvalue weighted by Crippen LogP contribution is -2.15. The predicted octanol–water partition coefficient (Wildman–Crippen LogP) is 2.67. The Labute approximate surface area is 116 Å². The minimum atomic E-state index is -1.01. The highest BCUT2D eigenvalue weighted by molar-refractivity contribution is 6.35. The molecule has 0 unspecified atom stereocenters. The van der Waals surface area contributed by atoms with Crippen molar-refractivity contribution in [3.05, 3.63) is 30.5 Å². The Morgan fingerprint density at radius 1 is 1.40 bits per heavy atom.